The largest absolute Gasteiger partial charge is 0.480 e. The van der Waals surface area contributed by atoms with Crippen LogP contribution >= 0.6 is 0 Å². The average Bonchev–Trinajstić information content (AvgIpc) is 2.56. The number of nitrogens with one attached hydrogen (secondary N) is 1. The van der Waals surface area contributed by atoms with Gasteiger partial charge in [0, 0.05) is 25.8 Å². The fraction of sp³-hybridized carbons (Fsp3) is 0.600. The second-order valence-electron chi connectivity index (χ2n) is 3.82. The number of likely N-dealkylation sites (tertiary alicyclic amines) is 1. The zero-order chi connectivity index (χ0) is 13.0. The smallest absolute Gasteiger partial charge is 0.325 e. The van der Waals surface area contributed by atoms with Crippen molar-refractivity contribution in [3.05, 3.63) is 0 Å². The molecule has 17 heavy (non-hydrogen) atoms. The molecule has 1 rings (SSSR count). The molecule has 7 heteroatoms. The van der Waals surface area contributed by atoms with Crippen LogP contribution in [0.3, 0.4) is 0 Å². The lowest BCUT2D eigenvalue weighted by molar-refractivity contribution is -0.142. The van der Waals surface area contributed by atoms with Crippen LogP contribution in [0.5, 0.6) is 0 Å². The normalized spacial score (nSPS) is 17.1. The van der Waals surface area contributed by atoms with E-state index in [1.807, 2.05) is 0 Å². The molecule has 3 amide bonds. The van der Waals surface area contributed by atoms with Crippen LogP contribution in [0.25, 0.3) is 0 Å². The Morgan fingerprint density at radius 3 is 2.35 bits per heavy atom. The number of carboxylic acid groups (broad SMARTS) is 1. The van der Waals surface area contributed by atoms with Gasteiger partial charge < -0.3 is 10.4 Å². The minimum Gasteiger partial charge on any atom is -0.480 e. The third-order valence-corrected chi connectivity index (χ3v) is 2.47. The molecule has 0 spiro atoms. The molecule has 7 nitrogen and oxygen atoms in total. The number of rotatable bonds is 5. The molecule has 0 aromatic carbocycles. The van der Waals surface area contributed by atoms with Gasteiger partial charge in [0.05, 0.1) is 0 Å². The molecule has 0 saturated carbocycles. The third kappa shape index (κ3) is 3.54. The summed E-state index contributed by atoms with van der Waals surface area (Å²) in [5.74, 6) is -2.19. The van der Waals surface area contributed by atoms with Gasteiger partial charge in [-0.25, -0.2) is 0 Å². The summed E-state index contributed by atoms with van der Waals surface area (Å²) in [7, 11) is 0. The number of nitrogens with zero attached hydrogens (tertiary/aromatic N) is 1. The fourth-order valence-corrected chi connectivity index (χ4v) is 1.46. The fourth-order valence-electron chi connectivity index (χ4n) is 1.46. The summed E-state index contributed by atoms with van der Waals surface area (Å²) < 4.78 is 0. The Morgan fingerprint density at radius 1 is 1.35 bits per heavy atom. The van der Waals surface area contributed by atoms with Gasteiger partial charge in [-0.1, -0.05) is 0 Å². The van der Waals surface area contributed by atoms with Crippen LogP contribution in [0.1, 0.15) is 26.2 Å². The number of aliphatic carboxylic acids is 1. The van der Waals surface area contributed by atoms with Gasteiger partial charge in [0.15, 0.2) is 0 Å². The van der Waals surface area contributed by atoms with Gasteiger partial charge in [0.1, 0.15) is 6.04 Å². The van der Waals surface area contributed by atoms with Crippen molar-refractivity contribution in [2.45, 2.75) is 32.2 Å². The van der Waals surface area contributed by atoms with Crippen LogP contribution in [0.15, 0.2) is 0 Å². The van der Waals surface area contributed by atoms with Gasteiger partial charge in [0.25, 0.3) is 0 Å². The Balaban J connectivity index is 2.35. The van der Waals surface area contributed by atoms with Crippen molar-refractivity contribution in [3.63, 3.8) is 0 Å². The van der Waals surface area contributed by atoms with Crippen molar-refractivity contribution < 1.29 is 24.3 Å². The molecule has 0 bridgehead atoms. The standard InChI is InChI=1S/C10H14N2O5/c1-6(10(16)17)11-7(13)4-5-12-8(14)2-3-9(12)15/h6H,2-5H2,1H3,(H,11,13)(H,16,17)/t6-/m1/s1. The zero-order valence-electron chi connectivity index (χ0n) is 9.43. The van der Waals surface area contributed by atoms with E-state index >= 15 is 0 Å². The maximum Gasteiger partial charge on any atom is 0.325 e. The number of hydrogen-bond acceptors (Lipinski definition) is 4. The molecule has 0 unspecified atom stereocenters. The highest BCUT2D eigenvalue weighted by Gasteiger charge is 2.29. The lowest BCUT2D eigenvalue weighted by atomic mass is 10.3. The number of carbonyl (C=O) groups is 4. The maximum atomic E-state index is 11.3. The van der Waals surface area contributed by atoms with E-state index < -0.39 is 17.9 Å². The number of hydrogen-bond donors (Lipinski definition) is 2. The van der Waals surface area contributed by atoms with Crippen molar-refractivity contribution in [1.82, 2.24) is 10.2 Å². The summed E-state index contributed by atoms with van der Waals surface area (Å²) in [5, 5.41) is 10.8. The summed E-state index contributed by atoms with van der Waals surface area (Å²) in [4.78, 5) is 45.2. The van der Waals surface area contributed by atoms with Crippen molar-refractivity contribution >= 4 is 23.7 Å². The van der Waals surface area contributed by atoms with Crippen molar-refractivity contribution in [2.24, 2.45) is 0 Å². The second-order valence-corrected chi connectivity index (χ2v) is 3.82. The van der Waals surface area contributed by atoms with Crippen LogP contribution < -0.4 is 5.32 Å². The van der Waals surface area contributed by atoms with E-state index in [2.05, 4.69) is 5.32 Å². The van der Waals surface area contributed by atoms with E-state index in [9.17, 15) is 19.2 Å². The van der Waals surface area contributed by atoms with E-state index in [0.717, 1.165) is 4.90 Å². The first-order valence-corrected chi connectivity index (χ1v) is 5.27. The summed E-state index contributed by atoms with van der Waals surface area (Å²) in [6.45, 7) is 1.35. The highest BCUT2D eigenvalue weighted by atomic mass is 16.4. The van der Waals surface area contributed by atoms with Crippen molar-refractivity contribution in [3.8, 4) is 0 Å². The van der Waals surface area contributed by atoms with Crippen LogP contribution in [0, 0.1) is 0 Å². The number of amides is 3. The van der Waals surface area contributed by atoms with E-state index in [4.69, 9.17) is 5.11 Å². The molecule has 1 aliphatic rings. The molecule has 0 radical (unpaired) electrons. The first-order chi connectivity index (χ1) is 7.91. The van der Waals surface area contributed by atoms with E-state index in [1.54, 1.807) is 0 Å². The average molecular weight is 242 g/mol. The minimum atomic E-state index is -1.13. The molecule has 0 aliphatic carbocycles. The molecule has 1 fully saturated rings. The van der Waals surface area contributed by atoms with Gasteiger partial charge in [-0.15, -0.1) is 0 Å². The minimum absolute atomic E-state index is 0.00976. The van der Waals surface area contributed by atoms with Crippen molar-refractivity contribution in [2.75, 3.05) is 6.54 Å². The molecular formula is C10H14N2O5. The van der Waals surface area contributed by atoms with Gasteiger partial charge in [-0.2, -0.15) is 0 Å². The third-order valence-electron chi connectivity index (χ3n) is 2.47. The Morgan fingerprint density at radius 2 is 1.88 bits per heavy atom. The molecule has 1 heterocycles. The highest BCUT2D eigenvalue weighted by Crippen LogP contribution is 2.11. The Bertz CT molecular complexity index is 350. The van der Waals surface area contributed by atoms with Crippen LogP contribution in [0.2, 0.25) is 0 Å². The maximum absolute atomic E-state index is 11.3. The van der Waals surface area contributed by atoms with Crippen LogP contribution in [-0.2, 0) is 19.2 Å². The van der Waals surface area contributed by atoms with Crippen LogP contribution in [0.4, 0.5) is 0 Å². The summed E-state index contributed by atoms with van der Waals surface area (Å²) in [6, 6.07) is -0.979. The Hall–Kier alpha value is -1.92. The lowest BCUT2D eigenvalue weighted by Crippen LogP contribution is -2.40. The predicted octanol–water partition coefficient (Wildman–Crippen LogP) is -0.885. The second kappa shape index (κ2) is 5.42. The van der Waals surface area contributed by atoms with Gasteiger partial charge in [-0.05, 0) is 6.92 Å². The molecule has 94 valence electrons. The molecule has 0 aromatic heterocycles. The predicted molar refractivity (Wildman–Crippen MR) is 55.8 cm³/mol. The zero-order valence-corrected chi connectivity index (χ0v) is 9.43. The summed E-state index contributed by atoms with van der Waals surface area (Å²) in [5.41, 5.74) is 0. The van der Waals surface area contributed by atoms with Crippen LogP contribution in [-0.4, -0.2) is 46.3 Å². The van der Waals surface area contributed by atoms with E-state index in [0.29, 0.717) is 0 Å². The summed E-state index contributed by atoms with van der Waals surface area (Å²) >= 11 is 0. The van der Waals surface area contributed by atoms with Gasteiger partial charge >= 0.3 is 5.97 Å². The number of carboxylic acids is 1. The molecule has 1 atom stereocenters. The Kier molecular flexibility index (Phi) is 4.19. The van der Waals surface area contributed by atoms with Gasteiger partial charge in [-0.3, -0.25) is 24.1 Å². The first kappa shape index (κ1) is 13.1. The molecule has 0 aromatic rings. The van der Waals surface area contributed by atoms with E-state index in [1.165, 1.54) is 6.92 Å². The number of imide groups is 1. The molecule has 1 saturated heterocycles. The molecule has 2 N–H and O–H groups in total. The molecular weight excluding hydrogens is 228 g/mol. The number of carbonyl (C=O) groups excluding carboxylic acids is 3. The lowest BCUT2D eigenvalue weighted by Gasteiger charge is -2.14. The van der Waals surface area contributed by atoms with E-state index in [-0.39, 0.29) is 37.6 Å². The SMILES string of the molecule is C[C@@H](NC(=O)CCN1C(=O)CCC1=O)C(=O)O. The Labute approximate surface area is 97.8 Å². The monoisotopic (exact) mass is 242 g/mol. The van der Waals surface area contributed by atoms with Crippen molar-refractivity contribution in [1.29, 1.82) is 0 Å². The quantitative estimate of drug-likeness (QED) is 0.609. The highest BCUT2D eigenvalue weighted by molar-refractivity contribution is 6.02. The topological polar surface area (TPSA) is 104 Å². The summed E-state index contributed by atoms with van der Waals surface area (Å²) in [6.07, 6.45) is 0.299. The molecule has 1 aliphatic heterocycles. The first-order valence-electron chi connectivity index (χ1n) is 5.27. The van der Waals surface area contributed by atoms with Gasteiger partial charge in [0.2, 0.25) is 17.7 Å².